The molecule has 0 radical (unpaired) electrons. The van der Waals surface area contributed by atoms with Crippen molar-refractivity contribution in [3.63, 3.8) is 0 Å². The topological polar surface area (TPSA) is 29.1 Å². The average molecular weight is 229 g/mol. The molecule has 1 rings (SSSR count). The van der Waals surface area contributed by atoms with Crippen molar-refractivity contribution in [1.82, 2.24) is 5.32 Å². The van der Waals surface area contributed by atoms with Gasteiger partial charge in [0.25, 0.3) is 0 Å². The highest BCUT2D eigenvalue weighted by Crippen LogP contribution is 2.14. The third kappa shape index (κ3) is 3.35. The van der Waals surface area contributed by atoms with E-state index >= 15 is 0 Å². The van der Waals surface area contributed by atoms with Crippen molar-refractivity contribution in [3.8, 4) is 0 Å². The van der Waals surface area contributed by atoms with E-state index < -0.39 is 0 Å². The van der Waals surface area contributed by atoms with E-state index in [2.05, 4.69) is 24.4 Å². The summed E-state index contributed by atoms with van der Waals surface area (Å²) in [5.74, 6) is 0.114. The Labute approximate surface area is 93.1 Å². The number of carbonyl (C=O) groups excluding carboxylic acids is 1. The fourth-order valence-corrected chi connectivity index (χ4v) is 2.13. The van der Waals surface area contributed by atoms with Crippen LogP contribution in [0.2, 0.25) is 0 Å². The summed E-state index contributed by atoms with van der Waals surface area (Å²) in [6.07, 6.45) is 1.94. The van der Waals surface area contributed by atoms with Crippen molar-refractivity contribution >= 4 is 29.0 Å². The number of amides is 1. The zero-order valence-corrected chi connectivity index (χ0v) is 10.3. The van der Waals surface area contributed by atoms with Gasteiger partial charge >= 0.3 is 0 Å². The summed E-state index contributed by atoms with van der Waals surface area (Å²) in [5.41, 5.74) is 0. The Kier molecular flexibility index (Phi) is 4.48. The minimum Gasteiger partial charge on any atom is -0.350 e. The Balaban J connectivity index is 2.37. The van der Waals surface area contributed by atoms with E-state index in [-0.39, 0.29) is 11.2 Å². The number of carbonyl (C=O) groups is 1. The van der Waals surface area contributed by atoms with Crippen LogP contribution in [0.25, 0.3) is 0 Å². The molecule has 0 aliphatic carbocycles. The molecule has 78 valence electrons. The fourth-order valence-electron chi connectivity index (χ4n) is 1.01. The lowest BCUT2D eigenvalue weighted by atomic mass is 10.4. The molecule has 14 heavy (non-hydrogen) atoms. The summed E-state index contributed by atoms with van der Waals surface area (Å²) in [6.45, 7) is 4.64. The van der Waals surface area contributed by atoms with Crippen LogP contribution in [0.1, 0.15) is 16.7 Å². The van der Waals surface area contributed by atoms with Gasteiger partial charge in [0, 0.05) is 9.75 Å². The summed E-state index contributed by atoms with van der Waals surface area (Å²) in [4.78, 5) is 13.9. The molecular formula is C10H15NOS2. The van der Waals surface area contributed by atoms with Crippen LogP contribution in [0, 0.1) is 6.92 Å². The van der Waals surface area contributed by atoms with E-state index in [1.807, 2.05) is 13.2 Å². The summed E-state index contributed by atoms with van der Waals surface area (Å²) in [5, 5.41) is 2.95. The van der Waals surface area contributed by atoms with Gasteiger partial charge in [-0.2, -0.15) is 11.8 Å². The molecule has 0 unspecified atom stereocenters. The third-order valence-electron chi connectivity index (χ3n) is 1.96. The molecule has 0 aromatic carbocycles. The predicted octanol–water partition coefficient (Wildman–Crippen LogP) is 2.42. The number of thiophene rings is 1. The van der Waals surface area contributed by atoms with Crippen LogP contribution in [-0.4, -0.2) is 17.4 Å². The lowest BCUT2D eigenvalue weighted by Crippen LogP contribution is -2.29. The molecule has 1 aromatic rings. The summed E-state index contributed by atoms with van der Waals surface area (Å²) < 4.78 is 0. The Morgan fingerprint density at radius 2 is 2.36 bits per heavy atom. The average Bonchev–Trinajstić information content (AvgIpc) is 2.59. The first-order chi connectivity index (χ1) is 6.63. The summed E-state index contributed by atoms with van der Waals surface area (Å²) in [7, 11) is 0. The minimum atomic E-state index is 0.0380. The zero-order valence-electron chi connectivity index (χ0n) is 8.66. The zero-order chi connectivity index (χ0) is 10.6. The standard InChI is InChI=1S/C10H15NOS2/c1-7-4-5-9(14-7)6-11-10(12)8(2)13-3/h4-5,8H,6H2,1-3H3,(H,11,12)/t8-/m1/s1. The highest BCUT2D eigenvalue weighted by atomic mass is 32.2. The van der Waals surface area contributed by atoms with E-state index in [0.717, 1.165) is 0 Å². The van der Waals surface area contributed by atoms with Crippen LogP contribution in [0.4, 0.5) is 0 Å². The number of hydrogen-bond acceptors (Lipinski definition) is 3. The maximum absolute atomic E-state index is 11.4. The fraction of sp³-hybridized carbons (Fsp3) is 0.500. The molecule has 1 amide bonds. The smallest absolute Gasteiger partial charge is 0.233 e. The first kappa shape index (κ1) is 11.6. The Hall–Kier alpha value is -0.480. The van der Waals surface area contributed by atoms with Crippen LogP contribution in [0.5, 0.6) is 0 Å². The van der Waals surface area contributed by atoms with Crippen molar-refractivity contribution in [1.29, 1.82) is 0 Å². The van der Waals surface area contributed by atoms with Gasteiger partial charge in [-0.1, -0.05) is 0 Å². The highest BCUT2D eigenvalue weighted by molar-refractivity contribution is 7.99. The van der Waals surface area contributed by atoms with Gasteiger partial charge < -0.3 is 5.32 Å². The van der Waals surface area contributed by atoms with E-state index in [1.165, 1.54) is 9.75 Å². The maximum atomic E-state index is 11.4. The Morgan fingerprint density at radius 3 is 2.86 bits per heavy atom. The van der Waals surface area contributed by atoms with Crippen molar-refractivity contribution < 1.29 is 4.79 Å². The third-order valence-corrected chi connectivity index (χ3v) is 3.88. The van der Waals surface area contributed by atoms with Gasteiger partial charge in [0.05, 0.1) is 11.8 Å². The molecular weight excluding hydrogens is 214 g/mol. The van der Waals surface area contributed by atoms with Crippen molar-refractivity contribution in [2.45, 2.75) is 25.6 Å². The van der Waals surface area contributed by atoms with Crippen molar-refractivity contribution in [2.24, 2.45) is 0 Å². The predicted molar refractivity (Wildman–Crippen MR) is 63.9 cm³/mol. The van der Waals surface area contributed by atoms with Crippen LogP contribution in [-0.2, 0) is 11.3 Å². The van der Waals surface area contributed by atoms with Crippen LogP contribution < -0.4 is 5.32 Å². The normalized spacial score (nSPS) is 12.5. The molecule has 2 nitrogen and oxygen atoms in total. The van der Waals surface area contributed by atoms with Crippen LogP contribution in [0.3, 0.4) is 0 Å². The van der Waals surface area contributed by atoms with Crippen molar-refractivity contribution in [2.75, 3.05) is 6.26 Å². The van der Waals surface area contributed by atoms with Gasteiger partial charge in [0.15, 0.2) is 0 Å². The maximum Gasteiger partial charge on any atom is 0.233 e. The van der Waals surface area contributed by atoms with E-state index in [4.69, 9.17) is 0 Å². The van der Waals surface area contributed by atoms with Gasteiger partial charge in [0.1, 0.15) is 0 Å². The molecule has 4 heteroatoms. The molecule has 0 aliphatic heterocycles. The molecule has 0 spiro atoms. The second-order valence-electron chi connectivity index (χ2n) is 3.11. The largest absolute Gasteiger partial charge is 0.350 e. The van der Waals surface area contributed by atoms with Gasteiger partial charge in [0.2, 0.25) is 5.91 Å². The number of aryl methyl sites for hydroxylation is 1. The Bertz CT molecular complexity index is 309. The Morgan fingerprint density at radius 1 is 1.64 bits per heavy atom. The monoisotopic (exact) mass is 229 g/mol. The minimum absolute atomic E-state index is 0.0380. The molecule has 1 N–H and O–H groups in total. The first-order valence-corrected chi connectivity index (χ1v) is 6.59. The number of rotatable bonds is 4. The molecule has 1 aromatic heterocycles. The first-order valence-electron chi connectivity index (χ1n) is 4.49. The molecule has 1 heterocycles. The van der Waals surface area contributed by atoms with E-state index in [9.17, 15) is 4.79 Å². The summed E-state index contributed by atoms with van der Waals surface area (Å²) in [6, 6.07) is 4.13. The molecule has 0 saturated carbocycles. The number of hydrogen-bond donors (Lipinski definition) is 1. The molecule has 0 fully saturated rings. The van der Waals surface area contributed by atoms with Crippen LogP contribution >= 0.6 is 23.1 Å². The van der Waals surface area contributed by atoms with E-state index in [0.29, 0.717) is 6.54 Å². The number of thioether (sulfide) groups is 1. The second-order valence-corrected chi connectivity index (χ2v) is 5.66. The van der Waals surface area contributed by atoms with Gasteiger partial charge in [-0.15, -0.1) is 11.3 Å². The molecule has 0 aliphatic rings. The quantitative estimate of drug-likeness (QED) is 0.859. The molecule has 0 saturated heterocycles. The summed E-state index contributed by atoms with van der Waals surface area (Å²) >= 11 is 3.29. The van der Waals surface area contributed by atoms with Gasteiger partial charge in [-0.05, 0) is 32.2 Å². The molecule has 1 atom stereocenters. The highest BCUT2D eigenvalue weighted by Gasteiger charge is 2.10. The van der Waals surface area contributed by atoms with E-state index in [1.54, 1.807) is 23.1 Å². The van der Waals surface area contributed by atoms with Crippen LogP contribution in [0.15, 0.2) is 12.1 Å². The molecule has 0 bridgehead atoms. The van der Waals surface area contributed by atoms with Gasteiger partial charge in [-0.3, -0.25) is 4.79 Å². The lowest BCUT2D eigenvalue weighted by molar-refractivity contribution is -0.120. The number of nitrogens with one attached hydrogen (secondary N) is 1. The SMILES string of the molecule is CS[C@H](C)C(=O)NCc1ccc(C)s1. The lowest BCUT2D eigenvalue weighted by Gasteiger charge is -2.08. The van der Waals surface area contributed by atoms with Crippen molar-refractivity contribution in [3.05, 3.63) is 21.9 Å². The second kappa shape index (κ2) is 5.41. The van der Waals surface area contributed by atoms with Gasteiger partial charge in [-0.25, -0.2) is 0 Å².